The van der Waals surface area contributed by atoms with Crippen LogP contribution in [0.3, 0.4) is 0 Å². The van der Waals surface area contributed by atoms with Crippen LogP contribution in [0, 0.1) is 5.92 Å². The molecule has 1 aliphatic rings. The van der Waals surface area contributed by atoms with Crippen molar-refractivity contribution >= 4 is 0 Å². The zero-order valence-corrected chi connectivity index (χ0v) is 9.78. The molecule has 0 aliphatic heterocycles. The topological polar surface area (TPSA) is 47.3 Å². The third kappa shape index (κ3) is 3.22. The third-order valence-corrected chi connectivity index (χ3v) is 3.19. The van der Waals surface area contributed by atoms with Gasteiger partial charge in [-0.1, -0.05) is 25.0 Å². The summed E-state index contributed by atoms with van der Waals surface area (Å²) in [6.07, 6.45) is 4.95. The van der Waals surface area contributed by atoms with E-state index in [2.05, 4.69) is 17.6 Å². The average molecular weight is 220 g/mol. The van der Waals surface area contributed by atoms with Crippen LogP contribution in [-0.4, -0.2) is 13.2 Å². The fraction of sp³-hybridized carbons (Fsp3) is 0.538. The monoisotopic (exact) mass is 220 g/mol. The van der Waals surface area contributed by atoms with Crippen molar-refractivity contribution in [2.24, 2.45) is 11.8 Å². The molecule has 88 valence electrons. The first kappa shape index (κ1) is 11.4. The van der Waals surface area contributed by atoms with Gasteiger partial charge >= 0.3 is 0 Å². The van der Waals surface area contributed by atoms with Crippen molar-refractivity contribution in [1.82, 2.24) is 5.43 Å². The molecule has 0 radical (unpaired) electrons. The van der Waals surface area contributed by atoms with E-state index < -0.39 is 0 Å². The van der Waals surface area contributed by atoms with Crippen LogP contribution in [0.15, 0.2) is 24.3 Å². The minimum absolute atomic E-state index is 0.404. The van der Waals surface area contributed by atoms with Crippen molar-refractivity contribution in [1.29, 1.82) is 0 Å². The summed E-state index contributed by atoms with van der Waals surface area (Å²) in [6.45, 7) is 0. The van der Waals surface area contributed by atoms with Gasteiger partial charge in [0, 0.05) is 6.04 Å². The molecule has 1 atom stereocenters. The quantitative estimate of drug-likeness (QED) is 0.568. The fourth-order valence-corrected chi connectivity index (χ4v) is 2.01. The van der Waals surface area contributed by atoms with Crippen LogP contribution in [-0.2, 0) is 6.42 Å². The van der Waals surface area contributed by atoms with Crippen LogP contribution in [0.2, 0.25) is 0 Å². The number of benzene rings is 1. The number of methoxy groups -OCH3 is 1. The highest BCUT2D eigenvalue weighted by Gasteiger charge is 2.24. The van der Waals surface area contributed by atoms with E-state index in [1.165, 1.54) is 24.8 Å². The number of nitrogens with two attached hydrogens (primary N) is 1. The Hall–Kier alpha value is -1.06. The summed E-state index contributed by atoms with van der Waals surface area (Å²) in [5.41, 5.74) is 4.23. The molecule has 3 N–H and O–H groups in total. The Balaban J connectivity index is 1.89. The molecule has 0 heterocycles. The molecule has 0 aromatic heterocycles. The predicted octanol–water partition coefficient (Wildman–Crippen LogP) is 1.87. The lowest BCUT2D eigenvalue weighted by atomic mass is 10.0. The Morgan fingerprint density at radius 2 is 2.06 bits per heavy atom. The fourth-order valence-electron chi connectivity index (χ4n) is 2.01. The van der Waals surface area contributed by atoms with E-state index in [4.69, 9.17) is 10.6 Å². The van der Waals surface area contributed by atoms with Crippen LogP contribution in [0.4, 0.5) is 0 Å². The van der Waals surface area contributed by atoms with Crippen LogP contribution < -0.4 is 16.0 Å². The lowest BCUT2D eigenvalue weighted by Crippen LogP contribution is -2.37. The van der Waals surface area contributed by atoms with Gasteiger partial charge in [-0.05, 0) is 36.5 Å². The summed E-state index contributed by atoms with van der Waals surface area (Å²) < 4.78 is 5.13. The maximum Gasteiger partial charge on any atom is 0.118 e. The van der Waals surface area contributed by atoms with Gasteiger partial charge in [-0.15, -0.1) is 0 Å². The molecular weight excluding hydrogens is 200 g/mol. The van der Waals surface area contributed by atoms with E-state index in [9.17, 15) is 0 Å². The predicted molar refractivity (Wildman–Crippen MR) is 65.2 cm³/mol. The molecule has 1 aromatic rings. The number of rotatable bonds is 6. The lowest BCUT2D eigenvalue weighted by Gasteiger charge is -2.15. The van der Waals surface area contributed by atoms with Gasteiger partial charge < -0.3 is 4.74 Å². The van der Waals surface area contributed by atoms with Crippen molar-refractivity contribution in [3.63, 3.8) is 0 Å². The molecule has 0 saturated heterocycles. The van der Waals surface area contributed by atoms with Crippen LogP contribution in [0.5, 0.6) is 5.75 Å². The summed E-state index contributed by atoms with van der Waals surface area (Å²) in [6, 6.07) is 8.62. The largest absolute Gasteiger partial charge is 0.497 e. The highest BCUT2D eigenvalue weighted by atomic mass is 16.5. The number of ether oxygens (including phenoxy) is 1. The van der Waals surface area contributed by atoms with Crippen molar-refractivity contribution in [2.45, 2.75) is 31.7 Å². The maximum absolute atomic E-state index is 5.58. The summed E-state index contributed by atoms with van der Waals surface area (Å²) in [7, 11) is 1.69. The molecule has 3 nitrogen and oxygen atoms in total. The van der Waals surface area contributed by atoms with Crippen LogP contribution >= 0.6 is 0 Å². The van der Waals surface area contributed by atoms with E-state index in [1.807, 2.05) is 12.1 Å². The first-order chi connectivity index (χ1) is 7.81. The molecule has 2 rings (SSSR count). The second-order valence-electron chi connectivity index (χ2n) is 4.59. The van der Waals surface area contributed by atoms with Crippen LogP contribution in [0.1, 0.15) is 24.8 Å². The Morgan fingerprint density at radius 1 is 1.38 bits per heavy atom. The molecular formula is C13H20N2O. The summed E-state index contributed by atoms with van der Waals surface area (Å²) >= 11 is 0. The molecule has 16 heavy (non-hydrogen) atoms. The molecule has 1 aromatic carbocycles. The van der Waals surface area contributed by atoms with Gasteiger partial charge in [0.1, 0.15) is 5.75 Å². The van der Waals surface area contributed by atoms with Crippen molar-refractivity contribution in [3.05, 3.63) is 29.8 Å². The second-order valence-corrected chi connectivity index (χ2v) is 4.59. The Morgan fingerprint density at radius 3 is 2.56 bits per heavy atom. The summed E-state index contributed by atoms with van der Waals surface area (Å²) in [5.74, 6) is 7.39. The Labute approximate surface area is 97.0 Å². The molecule has 3 heteroatoms. The van der Waals surface area contributed by atoms with E-state index in [0.29, 0.717) is 6.04 Å². The normalized spacial score (nSPS) is 17.1. The molecule has 0 spiro atoms. The Bertz CT molecular complexity index is 319. The summed E-state index contributed by atoms with van der Waals surface area (Å²) in [5, 5.41) is 0. The van der Waals surface area contributed by atoms with E-state index in [1.54, 1.807) is 7.11 Å². The second kappa shape index (κ2) is 5.32. The van der Waals surface area contributed by atoms with E-state index in [0.717, 1.165) is 18.1 Å². The van der Waals surface area contributed by atoms with Gasteiger partial charge in [0.25, 0.3) is 0 Å². The number of nitrogens with one attached hydrogen (secondary N) is 1. The SMILES string of the molecule is COc1ccc(CC(CC2CC2)NN)cc1. The van der Waals surface area contributed by atoms with Gasteiger partial charge in [0.2, 0.25) is 0 Å². The van der Waals surface area contributed by atoms with Gasteiger partial charge in [-0.25, -0.2) is 0 Å². The minimum Gasteiger partial charge on any atom is -0.497 e. The van der Waals surface area contributed by atoms with Crippen molar-refractivity contribution < 1.29 is 4.74 Å². The number of hydrazine groups is 1. The average Bonchev–Trinajstić information content (AvgIpc) is 3.13. The molecule has 1 saturated carbocycles. The molecule has 1 fully saturated rings. The van der Waals surface area contributed by atoms with Crippen molar-refractivity contribution in [3.8, 4) is 5.75 Å². The molecule has 0 amide bonds. The standard InChI is InChI=1S/C13H20N2O/c1-16-13-6-4-11(5-7-13)9-12(15-14)8-10-2-3-10/h4-7,10,12,15H,2-3,8-9,14H2,1H3. The van der Waals surface area contributed by atoms with Gasteiger partial charge in [-0.2, -0.15) is 0 Å². The van der Waals surface area contributed by atoms with Gasteiger partial charge in [0.05, 0.1) is 7.11 Å². The zero-order valence-electron chi connectivity index (χ0n) is 9.78. The van der Waals surface area contributed by atoms with Gasteiger partial charge in [-0.3, -0.25) is 11.3 Å². The lowest BCUT2D eigenvalue weighted by molar-refractivity contribution is 0.414. The van der Waals surface area contributed by atoms with Crippen LogP contribution in [0.25, 0.3) is 0 Å². The molecule has 1 unspecified atom stereocenters. The smallest absolute Gasteiger partial charge is 0.118 e. The number of hydrogen-bond acceptors (Lipinski definition) is 3. The number of hydrogen-bond donors (Lipinski definition) is 2. The zero-order chi connectivity index (χ0) is 11.4. The first-order valence-electron chi connectivity index (χ1n) is 5.91. The minimum atomic E-state index is 0.404. The third-order valence-electron chi connectivity index (χ3n) is 3.19. The Kier molecular flexibility index (Phi) is 3.80. The van der Waals surface area contributed by atoms with E-state index >= 15 is 0 Å². The molecule has 1 aliphatic carbocycles. The van der Waals surface area contributed by atoms with E-state index in [-0.39, 0.29) is 0 Å². The first-order valence-corrected chi connectivity index (χ1v) is 5.91. The van der Waals surface area contributed by atoms with Gasteiger partial charge in [0.15, 0.2) is 0 Å². The maximum atomic E-state index is 5.58. The molecule has 0 bridgehead atoms. The highest BCUT2D eigenvalue weighted by Crippen LogP contribution is 2.34. The highest BCUT2D eigenvalue weighted by molar-refractivity contribution is 5.27. The van der Waals surface area contributed by atoms with Crippen molar-refractivity contribution in [2.75, 3.05) is 7.11 Å². The summed E-state index contributed by atoms with van der Waals surface area (Å²) in [4.78, 5) is 0.